The second-order valence-electron chi connectivity index (χ2n) is 4.49. The molecule has 0 aromatic heterocycles. The number of alkyl halides is 1. The first-order valence-electron chi connectivity index (χ1n) is 6.27. The fourth-order valence-corrected chi connectivity index (χ4v) is 2.35. The number of nitrogens with zero attached hydrogens (tertiary/aromatic N) is 1. The number of rotatable bonds is 7. The van der Waals surface area contributed by atoms with Gasteiger partial charge < -0.3 is 14.2 Å². The SMILES string of the molecule is COCCOC1C(Cl)CC1Oc1ccc([N+](=O)[O-])cc1. The predicted molar refractivity (Wildman–Crippen MR) is 73.4 cm³/mol. The van der Waals surface area contributed by atoms with E-state index in [9.17, 15) is 10.1 Å². The van der Waals surface area contributed by atoms with Gasteiger partial charge in [-0.3, -0.25) is 10.1 Å². The molecular formula is C13H16ClNO5. The summed E-state index contributed by atoms with van der Waals surface area (Å²) in [6.07, 6.45) is 0.383. The average molecular weight is 302 g/mol. The standard InChI is InChI=1S/C13H16ClNO5/c1-18-6-7-19-13-11(14)8-12(13)20-10-4-2-9(3-5-10)15(16)17/h2-5,11-13H,6-8H2,1H3. The highest BCUT2D eigenvalue weighted by Crippen LogP contribution is 2.33. The molecule has 0 radical (unpaired) electrons. The Kier molecular flexibility index (Phi) is 5.17. The van der Waals surface area contributed by atoms with Gasteiger partial charge in [0, 0.05) is 25.7 Å². The lowest BCUT2D eigenvalue weighted by Crippen LogP contribution is -2.53. The van der Waals surface area contributed by atoms with E-state index in [1.165, 1.54) is 12.1 Å². The van der Waals surface area contributed by atoms with Crippen LogP contribution in [0.25, 0.3) is 0 Å². The zero-order valence-electron chi connectivity index (χ0n) is 11.0. The molecule has 0 bridgehead atoms. The maximum atomic E-state index is 10.6. The van der Waals surface area contributed by atoms with Crippen LogP contribution in [-0.2, 0) is 9.47 Å². The van der Waals surface area contributed by atoms with Gasteiger partial charge in [0.05, 0.1) is 23.5 Å². The van der Waals surface area contributed by atoms with Crippen LogP contribution < -0.4 is 4.74 Å². The molecule has 6 nitrogen and oxygen atoms in total. The number of halogens is 1. The molecule has 0 spiro atoms. The van der Waals surface area contributed by atoms with Gasteiger partial charge in [-0.2, -0.15) is 0 Å². The van der Waals surface area contributed by atoms with Gasteiger partial charge in [0.2, 0.25) is 0 Å². The van der Waals surface area contributed by atoms with Crippen molar-refractivity contribution in [2.45, 2.75) is 24.0 Å². The highest BCUT2D eigenvalue weighted by atomic mass is 35.5. The lowest BCUT2D eigenvalue weighted by molar-refractivity contribution is -0.384. The van der Waals surface area contributed by atoms with Crippen LogP contribution in [0.4, 0.5) is 5.69 Å². The third-order valence-corrected chi connectivity index (χ3v) is 3.54. The first-order chi connectivity index (χ1) is 9.61. The fraction of sp³-hybridized carbons (Fsp3) is 0.538. The summed E-state index contributed by atoms with van der Waals surface area (Å²) in [5.74, 6) is 0.574. The van der Waals surface area contributed by atoms with Gasteiger partial charge in [-0.25, -0.2) is 0 Å². The first kappa shape index (κ1) is 15.0. The van der Waals surface area contributed by atoms with Crippen LogP contribution in [0.2, 0.25) is 0 Å². The van der Waals surface area contributed by atoms with Crippen LogP contribution in [0.3, 0.4) is 0 Å². The maximum Gasteiger partial charge on any atom is 0.269 e. The molecule has 0 amide bonds. The Morgan fingerprint density at radius 3 is 2.60 bits per heavy atom. The van der Waals surface area contributed by atoms with Crippen molar-refractivity contribution in [1.29, 1.82) is 0 Å². The summed E-state index contributed by atoms with van der Waals surface area (Å²) in [4.78, 5) is 10.1. The molecule has 0 heterocycles. The van der Waals surface area contributed by atoms with E-state index in [4.69, 9.17) is 25.8 Å². The van der Waals surface area contributed by atoms with Crippen LogP contribution in [0.1, 0.15) is 6.42 Å². The van der Waals surface area contributed by atoms with Gasteiger partial charge in [-0.05, 0) is 12.1 Å². The van der Waals surface area contributed by atoms with Crippen molar-refractivity contribution < 1.29 is 19.1 Å². The quantitative estimate of drug-likeness (QED) is 0.335. The van der Waals surface area contributed by atoms with Crippen LogP contribution in [-0.4, -0.2) is 42.8 Å². The van der Waals surface area contributed by atoms with E-state index in [0.29, 0.717) is 25.4 Å². The monoisotopic (exact) mass is 301 g/mol. The number of non-ortho nitro benzene ring substituents is 1. The Labute approximate surface area is 121 Å². The summed E-state index contributed by atoms with van der Waals surface area (Å²) >= 11 is 6.09. The second-order valence-corrected chi connectivity index (χ2v) is 5.05. The molecule has 1 fully saturated rings. The van der Waals surface area contributed by atoms with Crippen molar-refractivity contribution in [3.63, 3.8) is 0 Å². The molecule has 20 heavy (non-hydrogen) atoms. The first-order valence-corrected chi connectivity index (χ1v) is 6.71. The molecule has 1 aliphatic rings. The Bertz CT molecular complexity index is 453. The zero-order chi connectivity index (χ0) is 14.5. The van der Waals surface area contributed by atoms with E-state index in [0.717, 1.165) is 0 Å². The molecule has 3 unspecified atom stereocenters. The number of benzene rings is 1. The minimum Gasteiger partial charge on any atom is -0.488 e. The third-order valence-electron chi connectivity index (χ3n) is 3.11. The maximum absolute atomic E-state index is 10.6. The number of hydrogen-bond donors (Lipinski definition) is 0. The van der Waals surface area contributed by atoms with Crippen molar-refractivity contribution in [2.24, 2.45) is 0 Å². The number of nitro groups is 1. The second kappa shape index (κ2) is 6.88. The van der Waals surface area contributed by atoms with Crippen molar-refractivity contribution >= 4 is 17.3 Å². The lowest BCUT2D eigenvalue weighted by atomic mass is 9.91. The molecule has 0 aliphatic heterocycles. The van der Waals surface area contributed by atoms with Crippen molar-refractivity contribution in [2.75, 3.05) is 20.3 Å². The number of hydrogen-bond acceptors (Lipinski definition) is 5. The third kappa shape index (κ3) is 3.59. The van der Waals surface area contributed by atoms with Crippen LogP contribution in [0.5, 0.6) is 5.75 Å². The smallest absolute Gasteiger partial charge is 0.269 e. The number of nitro benzene ring substituents is 1. The molecule has 1 aliphatic carbocycles. The molecule has 7 heteroatoms. The van der Waals surface area contributed by atoms with E-state index in [1.54, 1.807) is 19.2 Å². The Morgan fingerprint density at radius 2 is 2.05 bits per heavy atom. The molecule has 0 saturated heterocycles. The summed E-state index contributed by atoms with van der Waals surface area (Å²) in [6.45, 7) is 0.967. The van der Waals surface area contributed by atoms with Gasteiger partial charge in [0.1, 0.15) is 18.0 Å². The highest BCUT2D eigenvalue weighted by molar-refractivity contribution is 6.21. The Morgan fingerprint density at radius 1 is 1.35 bits per heavy atom. The van der Waals surface area contributed by atoms with Crippen molar-refractivity contribution in [1.82, 2.24) is 0 Å². The minimum absolute atomic E-state index is 0.0362. The molecule has 110 valence electrons. The van der Waals surface area contributed by atoms with Gasteiger partial charge in [0.25, 0.3) is 5.69 Å². The van der Waals surface area contributed by atoms with Gasteiger partial charge in [-0.1, -0.05) is 0 Å². The van der Waals surface area contributed by atoms with E-state index in [-0.39, 0.29) is 23.3 Å². The number of methoxy groups -OCH3 is 1. The number of ether oxygens (including phenoxy) is 3. The van der Waals surface area contributed by atoms with E-state index >= 15 is 0 Å². The normalized spacial score (nSPS) is 25.0. The van der Waals surface area contributed by atoms with Crippen LogP contribution in [0, 0.1) is 10.1 Å². The van der Waals surface area contributed by atoms with Crippen molar-refractivity contribution in [3.05, 3.63) is 34.4 Å². The van der Waals surface area contributed by atoms with Gasteiger partial charge in [0.15, 0.2) is 0 Å². The zero-order valence-corrected chi connectivity index (χ0v) is 11.8. The molecule has 1 aromatic rings. The van der Waals surface area contributed by atoms with E-state index in [1.807, 2.05) is 0 Å². The molecular weight excluding hydrogens is 286 g/mol. The van der Waals surface area contributed by atoms with Crippen molar-refractivity contribution in [3.8, 4) is 5.75 Å². The minimum atomic E-state index is -0.446. The average Bonchev–Trinajstić information content (AvgIpc) is 2.43. The highest BCUT2D eigenvalue weighted by Gasteiger charge is 2.42. The summed E-state index contributed by atoms with van der Waals surface area (Å²) < 4.78 is 16.2. The molecule has 1 aromatic carbocycles. The molecule has 2 rings (SSSR count). The van der Waals surface area contributed by atoms with Gasteiger partial charge >= 0.3 is 0 Å². The summed E-state index contributed by atoms with van der Waals surface area (Å²) in [7, 11) is 1.60. The van der Waals surface area contributed by atoms with Crippen LogP contribution >= 0.6 is 11.6 Å². The molecule has 3 atom stereocenters. The van der Waals surface area contributed by atoms with Gasteiger partial charge in [-0.15, -0.1) is 11.6 Å². The summed E-state index contributed by atoms with van der Waals surface area (Å²) in [6, 6.07) is 5.97. The fourth-order valence-electron chi connectivity index (χ4n) is 1.94. The summed E-state index contributed by atoms with van der Waals surface area (Å²) in [5.41, 5.74) is 0.0362. The Balaban J connectivity index is 1.87. The Hall–Kier alpha value is -1.37. The molecule has 0 N–H and O–H groups in total. The predicted octanol–water partition coefficient (Wildman–Crippen LogP) is 2.38. The van der Waals surface area contributed by atoms with E-state index in [2.05, 4.69) is 0 Å². The summed E-state index contributed by atoms with van der Waals surface area (Å²) in [5, 5.41) is 10.5. The molecule has 1 saturated carbocycles. The largest absolute Gasteiger partial charge is 0.488 e. The topological polar surface area (TPSA) is 70.8 Å². The van der Waals surface area contributed by atoms with Crippen LogP contribution in [0.15, 0.2) is 24.3 Å². The lowest BCUT2D eigenvalue weighted by Gasteiger charge is -2.40. The van der Waals surface area contributed by atoms with E-state index < -0.39 is 4.92 Å².